The van der Waals surface area contributed by atoms with E-state index < -0.39 is 0 Å². The molecule has 1 aromatic heterocycles. The lowest BCUT2D eigenvalue weighted by molar-refractivity contribution is 0.547. The van der Waals surface area contributed by atoms with Gasteiger partial charge in [-0.2, -0.15) is 0 Å². The fourth-order valence-electron chi connectivity index (χ4n) is 2.90. The second-order valence-electron chi connectivity index (χ2n) is 5.59. The van der Waals surface area contributed by atoms with Gasteiger partial charge in [-0.05, 0) is 54.3 Å². The van der Waals surface area contributed by atoms with Gasteiger partial charge in [-0.15, -0.1) is 11.8 Å². The first kappa shape index (κ1) is 15.0. The molecule has 1 aliphatic rings. The zero-order chi connectivity index (χ0) is 16.4. The van der Waals surface area contributed by atoms with Gasteiger partial charge in [-0.3, -0.25) is 10.4 Å². The molecule has 1 N–H and O–H groups in total. The Kier molecular flexibility index (Phi) is 4.05. The maximum Gasteiger partial charge on any atom is 0.151 e. The van der Waals surface area contributed by atoms with Crippen molar-refractivity contribution < 1.29 is 4.42 Å². The number of nitrogens with zero attached hydrogens (tertiary/aromatic N) is 1. The fourth-order valence-corrected chi connectivity index (χ4v) is 3.31. The quantitative estimate of drug-likeness (QED) is 0.671. The fraction of sp³-hybridized carbons (Fsp3) is 0.100. The Balaban J connectivity index is 1.72. The third kappa shape index (κ3) is 2.81. The standard InChI is InChI=1S/C20H18N2OS/c1-24-17-11-9-15(10-12-17)19-14-18(20-8-5-13-23-20)21-22(19)16-6-3-2-4-7-16/h2-14,19,21H,1H3. The van der Waals surface area contributed by atoms with E-state index in [0.29, 0.717) is 0 Å². The van der Waals surface area contributed by atoms with Crippen LogP contribution < -0.4 is 10.4 Å². The van der Waals surface area contributed by atoms with Gasteiger partial charge >= 0.3 is 0 Å². The number of hydrogen-bond acceptors (Lipinski definition) is 4. The maximum absolute atomic E-state index is 5.56. The van der Waals surface area contributed by atoms with Crippen LogP contribution in [0.2, 0.25) is 0 Å². The number of hydrogen-bond donors (Lipinski definition) is 1. The van der Waals surface area contributed by atoms with Gasteiger partial charge in [-0.25, -0.2) is 0 Å². The van der Waals surface area contributed by atoms with Crippen LogP contribution in [0.25, 0.3) is 5.70 Å². The summed E-state index contributed by atoms with van der Waals surface area (Å²) in [6, 6.07) is 23.1. The van der Waals surface area contributed by atoms with Gasteiger partial charge in [0.15, 0.2) is 5.76 Å². The molecule has 1 aliphatic heterocycles. The van der Waals surface area contributed by atoms with E-state index in [-0.39, 0.29) is 6.04 Å². The van der Waals surface area contributed by atoms with Crippen LogP contribution >= 0.6 is 11.8 Å². The van der Waals surface area contributed by atoms with Crippen molar-refractivity contribution in [3.8, 4) is 0 Å². The molecule has 0 amide bonds. The average Bonchev–Trinajstić information content (AvgIpc) is 3.32. The second-order valence-corrected chi connectivity index (χ2v) is 6.47. The Morgan fingerprint density at radius 1 is 0.958 bits per heavy atom. The Bertz CT molecular complexity index is 826. The van der Waals surface area contributed by atoms with Crippen molar-refractivity contribution in [2.45, 2.75) is 10.9 Å². The highest BCUT2D eigenvalue weighted by Crippen LogP contribution is 2.35. The summed E-state index contributed by atoms with van der Waals surface area (Å²) in [7, 11) is 0. The van der Waals surface area contributed by atoms with E-state index >= 15 is 0 Å². The minimum atomic E-state index is 0.114. The first-order valence-electron chi connectivity index (χ1n) is 7.86. The zero-order valence-electron chi connectivity index (χ0n) is 13.3. The van der Waals surface area contributed by atoms with Gasteiger partial charge in [0.2, 0.25) is 0 Å². The summed E-state index contributed by atoms with van der Waals surface area (Å²) in [5.41, 5.74) is 6.83. The molecule has 3 nitrogen and oxygen atoms in total. The number of nitrogens with one attached hydrogen (secondary N) is 1. The molecule has 0 bridgehead atoms. The number of furan rings is 1. The summed E-state index contributed by atoms with van der Waals surface area (Å²) in [6.45, 7) is 0. The van der Waals surface area contributed by atoms with Crippen molar-refractivity contribution in [2.24, 2.45) is 0 Å². The molecule has 0 aliphatic carbocycles. The summed E-state index contributed by atoms with van der Waals surface area (Å²) in [5.74, 6) is 0.846. The van der Waals surface area contributed by atoms with E-state index in [0.717, 1.165) is 17.1 Å². The molecular formula is C20H18N2OS. The van der Waals surface area contributed by atoms with E-state index in [9.17, 15) is 0 Å². The lowest BCUT2D eigenvalue weighted by atomic mass is 10.1. The lowest BCUT2D eigenvalue weighted by Crippen LogP contribution is -2.33. The molecule has 0 saturated heterocycles. The predicted molar refractivity (Wildman–Crippen MR) is 99.7 cm³/mol. The molecule has 0 radical (unpaired) electrons. The maximum atomic E-state index is 5.56. The number of anilines is 1. The van der Waals surface area contributed by atoms with Gasteiger partial charge < -0.3 is 4.42 Å². The van der Waals surface area contributed by atoms with Crippen LogP contribution in [0.4, 0.5) is 5.69 Å². The topological polar surface area (TPSA) is 28.4 Å². The smallest absolute Gasteiger partial charge is 0.151 e. The summed E-state index contributed by atoms with van der Waals surface area (Å²) in [6.07, 6.45) is 6.00. The van der Waals surface area contributed by atoms with E-state index in [1.54, 1.807) is 18.0 Å². The van der Waals surface area contributed by atoms with Crippen molar-refractivity contribution in [3.63, 3.8) is 0 Å². The Labute approximate surface area is 146 Å². The van der Waals surface area contributed by atoms with E-state index in [2.05, 4.69) is 71.3 Å². The zero-order valence-corrected chi connectivity index (χ0v) is 14.2. The predicted octanol–water partition coefficient (Wildman–Crippen LogP) is 5.11. The average molecular weight is 334 g/mol. The van der Waals surface area contributed by atoms with Gasteiger partial charge in [0.1, 0.15) is 0 Å². The third-order valence-electron chi connectivity index (χ3n) is 4.12. The van der Waals surface area contributed by atoms with Crippen molar-refractivity contribution in [2.75, 3.05) is 11.3 Å². The van der Waals surface area contributed by atoms with Crippen molar-refractivity contribution in [1.82, 2.24) is 5.43 Å². The number of benzene rings is 2. The van der Waals surface area contributed by atoms with Crippen molar-refractivity contribution >= 4 is 23.1 Å². The molecule has 0 saturated carbocycles. The molecule has 2 aromatic carbocycles. The molecular weight excluding hydrogens is 316 g/mol. The van der Waals surface area contributed by atoms with Crippen LogP contribution in [0.5, 0.6) is 0 Å². The summed E-state index contributed by atoms with van der Waals surface area (Å²) < 4.78 is 5.56. The molecule has 4 rings (SSSR count). The Hall–Kier alpha value is -2.59. The van der Waals surface area contributed by atoms with Crippen LogP contribution in [0.15, 0.2) is 88.4 Å². The molecule has 0 fully saturated rings. The van der Waals surface area contributed by atoms with E-state index in [1.165, 1.54) is 10.5 Å². The number of thioether (sulfide) groups is 1. The highest BCUT2D eigenvalue weighted by atomic mass is 32.2. The van der Waals surface area contributed by atoms with Crippen LogP contribution in [-0.2, 0) is 0 Å². The number of rotatable bonds is 4. The van der Waals surface area contributed by atoms with Gasteiger partial charge in [0.25, 0.3) is 0 Å². The summed E-state index contributed by atoms with van der Waals surface area (Å²) in [5, 5.41) is 2.17. The molecule has 1 atom stereocenters. The van der Waals surface area contributed by atoms with Crippen LogP contribution in [0.1, 0.15) is 17.4 Å². The van der Waals surface area contributed by atoms with E-state index in [1.807, 2.05) is 18.2 Å². The lowest BCUT2D eigenvalue weighted by Gasteiger charge is -2.27. The highest BCUT2D eigenvalue weighted by Gasteiger charge is 2.28. The largest absolute Gasteiger partial charge is 0.463 e. The first-order valence-corrected chi connectivity index (χ1v) is 9.08. The first-order chi connectivity index (χ1) is 11.8. The molecule has 3 aromatic rings. The third-order valence-corrected chi connectivity index (χ3v) is 4.87. The van der Waals surface area contributed by atoms with E-state index in [4.69, 9.17) is 4.42 Å². The van der Waals surface area contributed by atoms with Crippen LogP contribution in [-0.4, -0.2) is 6.26 Å². The summed E-state index contributed by atoms with van der Waals surface area (Å²) in [4.78, 5) is 1.27. The van der Waals surface area contributed by atoms with Crippen LogP contribution in [0, 0.1) is 0 Å². The molecule has 24 heavy (non-hydrogen) atoms. The molecule has 1 unspecified atom stereocenters. The minimum absolute atomic E-state index is 0.114. The Morgan fingerprint density at radius 2 is 1.75 bits per heavy atom. The summed E-state index contributed by atoms with van der Waals surface area (Å²) >= 11 is 1.76. The second kappa shape index (κ2) is 6.49. The van der Waals surface area contributed by atoms with Crippen molar-refractivity contribution in [1.29, 1.82) is 0 Å². The molecule has 4 heteroatoms. The normalized spacial score (nSPS) is 16.8. The Morgan fingerprint density at radius 3 is 2.42 bits per heavy atom. The molecule has 0 spiro atoms. The van der Waals surface area contributed by atoms with Crippen molar-refractivity contribution in [3.05, 3.63) is 90.4 Å². The van der Waals surface area contributed by atoms with Gasteiger partial charge in [-0.1, -0.05) is 30.3 Å². The van der Waals surface area contributed by atoms with Gasteiger partial charge in [0, 0.05) is 4.90 Å². The molecule has 2 heterocycles. The monoisotopic (exact) mass is 334 g/mol. The highest BCUT2D eigenvalue weighted by molar-refractivity contribution is 7.98. The van der Waals surface area contributed by atoms with Crippen LogP contribution in [0.3, 0.4) is 0 Å². The molecule has 120 valence electrons. The number of para-hydroxylation sites is 1. The SMILES string of the molecule is CSc1ccc(C2C=C(c3ccco3)NN2c2ccccc2)cc1. The van der Waals surface area contributed by atoms with Gasteiger partial charge in [0.05, 0.1) is 23.7 Å². The number of hydrazine groups is 1. The minimum Gasteiger partial charge on any atom is -0.463 e.